The van der Waals surface area contributed by atoms with Crippen LogP contribution in [0.3, 0.4) is 0 Å². The number of guanidine groups is 1. The van der Waals surface area contributed by atoms with Gasteiger partial charge in [-0.15, -0.1) is 24.0 Å². The number of carbonyl (C=O) groups excluding carboxylic acids is 1. The van der Waals surface area contributed by atoms with E-state index < -0.39 is 5.79 Å². The Morgan fingerprint density at radius 3 is 2.56 bits per heavy atom. The van der Waals surface area contributed by atoms with Crippen molar-refractivity contribution < 1.29 is 19.0 Å². The second-order valence-corrected chi connectivity index (χ2v) is 6.48. The molecule has 0 saturated carbocycles. The summed E-state index contributed by atoms with van der Waals surface area (Å²) in [5.74, 6) is 0.0384. The third-order valence-electron chi connectivity index (χ3n) is 4.16. The van der Waals surface area contributed by atoms with Crippen LogP contribution in [0.5, 0.6) is 0 Å². The second-order valence-electron chi connectivity index (χ2n) is 6.48. The van der Waals surface area contributed by atoms with Crippen LogP contribution in [0.2, 0.25) is 0 Å². The Hall–Kier alpha value is -0.650. The molecule has 1 amide bonds. The highest BCUT2D eigenvalue weighted by atomic mass is 127. The van der Waals surface area contributed by atoms with Gasteiger partial charge < -0.3 is 29.7 Å². The summed E-state index contributed by atoms with van der Waals surface area (Å²) in [6.07, 6.45) is 3.06. The molecule has 2 saturated heterocycles. The maximum absolute atomic E-state index is 11.7. The van der Waals surface area contributed by atoms with Crippen molar-refractivity contribution in [1.29, 1.82) is 0 Å². The van der Waals surface area contributed by atoms with Gasteiger partial charge in [-0.1, -0.05) is 0 Å². The Morgan fingerprint density at radius 1 is 1.24 bits per heavy atom. The van der Waals surface area contributed by atoms with Crippen LogP contribution in [-0.4, -0.2) is 82.2 Å². The van der Waals surface area contributed by atoms with E-state index in [9.17, 15) is 4.79 Å². The third-order valence-corrected chi connectivity index (χ3v) is 4.16. The van der Waals surface area contributed by atoms with Crippen LogP contribution in [0, 0.1) is 0 Å². The van der Waals surface area contributed by atoms with Gasteiger partial charge in [0.1, 0.15) is 6.54 Å². The summed E-state index contributed by atoms with van der Waals surface area (Å²) in [6.45, 7) is 5.46. The monoisotopic (exact) mass is 470 g/mol. The van der Waals surface area contributed by atoms with E-state index in [4.69, 9.17) is 14.2 Å². The van der Waals surface area contributed by atoms with E-state index in [-0.39, 0.29) is 42.5 Å². The Labute approximate surface area is 167 Å². The highest BCUT2D eigenvalue weighted by molar-refractivity contribution is 14.0. The van der Waals surface area contributed by atoms with E-state index in [2.05, 4.69) is 15.6 Å². The van der Waals surface area contributed by atoms with Gasteiger partial charge in [-0.3, -0.25) is 4.79 Å². The minimum atomic E-state index is -0.536. The number of hydrogen-bond donors (Lipinski definition) is 2. The molecule has 2 aliphatic rings. The number of rotatable bonds is 7. The number of ether oxygens (including phenoxy) is 3. The average Bonchev–Trinajstić information content (AvgIpc) is 3.21. The third kappa shape index (κ3) is 8.06. The van der Waals surface area contributed by atoms with Crippen LogP contribution in [0.15, 0.2) is 4.99 Å². The number of aliphatic imine (C=N–C) groups is 1. The van der Waals surface area contributed by atoms with Crippen LogP contribution >= 0.6 is 24.0 Å². The van der Waals surface area contributed by atoms with Gasteiger partial charge in [-0.2, -0.15) is 0 Å². The number of halogens is 1. The molecule has 146 valence electrons. The van der Waals surface area contributed by atoms with E-state index in [0.29, 0.717) is 38.7 Å². The average molecular weight is 470 g/mol. The maximum atomic E-state index is 11.7. The van der Waals surface area contributed by atoms with Gasteiger partial charge in [0.25, 0.3) is 0 Å². The topological polar surface area (TPSA) is 84.4 Å². The SMILES string of the molecule is CN(C)C(=O)CN=C(NCCC1(C)OCCO1)NCC1CCCO1.I. The minimum Gasteiger partial charge on any atom is -0.376 e. The fraction of sp³-hybridized carbons (Fsp3) is 0.875. The first-order valence-electron chi connectivity index (χ1n) is 8.60. The van der Waals surface area contributed by atoms with Crippen molar-refractivity contribution in [3.05, 3.63) is 0 Å². The Bertz CT molecular complexity index is 436. The molecule has 0 spiro atoms. The first-order valence-corrected chi connectivity index (χ1v) is 8.60. The minimum absolute atomic E-state index is 0. The molecular weight excluding hydrogens is 439 g/mol. The lowest BCUT2D eigenvalue weighted by molar-refractivity contribution is -0.145. The van der Waals surface area contributed by atoms with Gasteiger partial charge in [0, 0.05) is 40.2 Å². The summed E-state index contributed by atoms with van der Waals surface area (Å²) in [5, 5.41) is 6.50. The second kappa shape index (κ2) is 11.1. The molecule has 25 heavy (non-hydrogen) atoms. The molecule has 2 rings (SSSR count). The molecule has 2 aliphatic heterocycles. The molecule has 0 aromatic heterocycles. The van der Waals surface area contributed by atoms with Crippen molar-refractivity contribution >= 4 is 35.8 Å². The van der Waals surface area contributed by atoms with Crippen molar-refractivity contribution in [3.8, 4) is 0 Å². The predicted molar refractivity (Wildman–Crippen MR) is 106 cm³/mol. The van der Waals surface area contributed by atoms with Crippen molar-refractivity contribution in [2.75, 3.05) is 53.6 Å². The van der Waals surface area contributed by atoms with Gasteiger partial charge in [0.2, 0.25) is 5.91 Å². The number of carbonyl (C=O) groups is 1. The molecule has 0 aromatic carbocycles. The van der Waals surface area contributed by atoms with Crippen molar-refractivity contribution in [1.82, 2.24) is 15.5 Å². The molecular formula is C16H31IN4O4. The standard InChI is InChI=1S/C16H30N4O4.HI/c1-16(23-9-10-24-16)6-7-17-15(19-12-14(21)20(2)3)18-11-13-5-4-8-22-13;/h13H,4-12H2,1-3H3,(H2,17,18,19);1H. The van der Waals surface area contributed by atoms with E-state index in [0.717, 1.165) is 19.4 Å². The largest absolute Gasteiger partial charge is 0.376 e. The number of nitrogens with zero attached hydrogens (tertiary/aromatic N) is 2. The van der Waals surface area contributed by atoms with E-state index in [1.807, 2.05) is 6.92 Å². The van der Waals surface area contributed by atoms with E-state index in [1.165, 1.54) is 4.90 Å². The zero-order valence-corrected chi connectivity index (χ0v) is 17.7. The van der Waals surface area contributed by atoms with Gasteiger partial charge >= 0.3 is 0 Å². The lowest BCUT2D eigenvalue weighted by Gasteiger charge is -2.23. The molecule has 2 heterocycles. The molecule has 0 aliphatic carbocycles. The lowest BCUT2D eigenvalue weighted by Crippen LogP contribution is -2.43. The van der Waals surface area contributed by atoms with E-state index in [1.54, 1.807) is 14.1 Å². The zero-order valence-electron chi connectivity index (χ0n) is 15.4. The number of likely N-dealkylation sites (N-methyl/N-ethyl adjacent to an activating group) is 1. The highest BCUT2D eigenvalue weighted by Gasteiger charge is 2.30. The number of hydrogen-bond acceptors (Lipinski definition) is 5. The predicted octanol–water partition coefficient (Wildman–Crippen LogP) is 0.560. The Morgan fingerprint density at radius 2 is 1.96 bits per heavy atom. The van der Waals surface area contributed by atoms with Gasteiger partial charge in [0.15, 0.2) is 11.7 Å². The van der Waals surface area contributed by atoms with Crippen LogP contribution in [0.25, 0.3) is 0 Å². The normalized spacial score (nSPS) is 22.4. The quantitative estimate of drug-likeness (QED) is 0.322. The molecule has 2 N–H and O–H groups in total. The molecule has 9 heteroatoms. The summed E-state index contributed by atoms with van der Waals surface area (Å²) in [6, 6.07) is 0. The maximum Gasteiger partial charge on any atom is 0.243 e. The number of amides is 1. The van der Waals surface area contributed by atoms with Crippen LogP contribution in [-0.2, 0) is 19.0 Å². The summed E-state index contributed by atoms with van der Waals surface area (Å²) < 4.78 is 16.8. The fourth-order valence-electron chi connectivity index (χ4n) is 2.59. The van der Waals surface area contributed by atoms with Crippen LogP contribution in [0.4, 0.5) is 0 Å². The molecule has 0 aromatic rings. The van der Waals surface area contributed by atoms with Gasteiger partial charge in [-0.25, -0.2) is 4.99 Å². The summed E-state index contributed by atoms with van der Waals surface area (Å²) >= 11 is 0. The van der Waals surface area contributed by atoms with Crippen molar-refractivity contribution in [2.45, 2.75) is 38.1 Å². The molecule has 1 unspecified atom stereocenters. The van der Waals surface area contributed by atoms with Crippen molar-refractivity contribution in [2.24, 2.45) is 4.99 Å². The lowest BCUT2D eigenvalue weighted by atomic mass is 10.2. The van der Waals surface area contributed by atoms with Crippen LogP contribution in [0.1, 0.15) is 26.2 Å². The summed E-state index contributed by atoms with van der Waals surface area (Å²) in [5.41, 5.74) is 0. The smallest absolute Gasteiger partial charge is 0.243 e. The van der Waals surface area contributed by atoms with Crippen molar-refractivity contribution in [3.63, 3.8) is 0 Å². The zero-order chi connectivity index (χ0) is 17.4. The summed E-state index contributed by atoms with van der Waals surface area (Å²) in [7, 11) is 3.45. The Kier molecular flexibility index (Phi) is 9.98. The molecule has 8 nitrogen and oxygen atoms in total. The van der Waals surface area contributed by atoms with Gasteiger partial charge in [-0.05, 0) is 19.8 Å². The first-order chi connectivity index (χ1) is 11.5. The number of nitrogens with one attached hydrogen (secondary N) is 2. The fourth-order valence-corrected chi connectivity index (χ4v) is 2.59. The molecule has 0 radical (unpaired) electrons. The van der Waals surface area contributed by atoms with E-state index >= 15 is 0 Å². The summed E-state index contributed by atoms with van der Waals surface area (Å²) in [4.78, 5) is 17.6. The first kappa shape index (κ1) is 22.4. The molecule has 2 fully saturated rings. The van der Waals surface area contributed by atoms with Gasteiger partial charge in [0.05, 0.1) is 19.3 Å². The molecule has 0 bridgehead atoms. The van der Waals surface area contributed by atoms with Crippen LogP contribution < -0.4 is 10.6 Å². The Balaban J connectivity index is 0.00000312. The highest BCUT2D eigenvalue weighted by Crippen LogP contribution is 2.21. The molecule has 1 atom stereocenters.